The highest BCUT2D eigenvalue weighted by Crippen LogP contribution is 2.14. The Morgan fingerprint density at radius 3 is 2.55 bits per heavy atom. The van der Waals surface area contributed by atoms with Gasteiger partial charge in [0.15, 0.2) is 0 Å². The van der Waals surface area contributed by atoms with Crippen molar-refractivity contribution in [1.82, 2.24) is 5.32 Å². The Kier molecular flexibility index (Phi) is 6.20. The van der Waals surface area contributed by atoms with Gasteiger partial charge in [-0.3, -0.25) is 0 Å². The molecule has 0 fully saturated rings. The van der Waals surface area contributed by atoms with E-state index >= 15 is 0 Å². The molecule has 4 heteroatoms. The van der Waals surface area contributed by atoms with Crippen molar-refractivity contribution in [1.29, 1.82) is 0 Å². The highest BCUT2D eigenvalue weighted by atomic mass is 79.9. The predicted molar refractivity (Wildman–Crippen MR) is 90.1 cm³/mol. The highest BCUT2D eigenvalue weighted by Gasteiger charge is 2.06. The summed E-state index contributed by atoms with van der Waals surface area (Å²) in [5.74, 6) is 3.00. The molecule has 0 aliphatic heterocycles. The van der Waals surface area contributed by atoms with E-state index in [1.165, 1.54) is 5.56 Å². The summed E-state index contributed by atoms with van der Waals surface area (Å²) in [5, 5.41) is 3.51. The van der Waals surface area contributed by atoms with Gasteiger partial charge in [0.05, 0.1) is 12.3 Å². The molecule has 0 bridgehead atoms. The van der Waals surface area contributed by atoms with Gasteiger partial charge in [0.2, 0.25) is 0 Å². The number of halogens is 1. The van der Waals surface area contributed by atoms with Crippen LogP contribution in [0.25, 0.3) is 0 Å². The van der Waals surface area contributed by atoms with Crippen LogP contribution < -0.4 is 5.32 Å². The largest absolute Gasteiger partial charge is 0.464 e. The molecule has 0 aliphatic carbocycles. The molecule has 1 unspecified atom stereocenters. The van der Waals surface area contributed by atoms with Gasteiger partial charge in [-0.05, 0) is 49.4 Å². The van der Waals surface area contributed by atoms with E-state index in [9.17, 15) is 0 Å². The molecule has 108 valence electrons. The normalized spacial score (nSPS) is 12.6. The van der Waals surface area contributed by atoms with Gasteiger partial charge >= 0.3 is 0 Å². The lowest BCUT2D eigenvalue weighted by Gasteiger charge is -2.13. The second-order valence-corrected chi connectivity index (χ2v) is 6.70. The Bertz CT molecular complexity index is 524. The monoisotopic (exact) mass is 353 g/mol. The molecule has 2 rings (SSSR count). The van der Waals surface area contributed by atoms with E-state index in [2.05, 4.69) is 70.8 Å². The van der Waals surface area contributed by atoms with Gasteiger partial charge < -0.3 is 9.73 Å². The molecule has 2 nitrogen and oxygen atoms in total. The van der Waals surface area contributed by atoms with E-state index in [1.807, 2.05) is 0 Å². The van der Waals surface area contributed by atoms with Gasteiger partial charge in [-0.1, -0.05) is 28.1 Å². The summed E-state index contributed by atoms with van der Waals surface area (Å²) in [4.78, 5) is 0. The maximum Gasteiger partial charge on any atom is 0.118 e. The van der Waals surface area contributed by atoms with Crippen molar-refractivity contribution in [3.63, 3.8) is 0 Å². The Labute approximate surface area is 133 Å². The number of thioether (sulfide) groups is 1. The van der Waals surface area contributed by atoms with E-state index < -0.39 is 0 Å². The summed E-state index contributed by atoms with van der Waals surface area (Å²) in [7, 11) is 0. The first kappa shape index (κ1) is 15.7. The molecule has 0 aliphatic rings. The van der Waals surface area contributed by atoms with Crippen molar-refractivity contribution in [2.24, 2.45) is 0 Å². The lowest BCUT2D eigenvalue weighted by atomic mass is 10.1. The van der Waals surface area contributed by atoms with Crippen molar-refractivity contribution in [3.8, 4) is 0 Å². The summed E-state index contributed by atoms with van der Waals surface area (Å²) in [5.41, 5.74) is 1.34. The number of hydrogen-bond donors (Lipinski definition) is 1. The third kappa shape index (κ3) is 5.00. The summed E-state index contributed by atoms with van der Waals surface area (Å²) in [6.45, 7) is 2.99. The van der Waals surface area contributed by atoms with Gasteiger partial charge in [-0.2, -0.15) is 11.8 Å². The Morgan fingerprint density at radius 1 is 1.15 bits per heavy atom. The van der Waals surface area contributed by atoms with Crippen LogP contribution in [0, 0.1) is 0 Å². The number of rotatable bonds is 7. The standard InChI is InChI=1S/C16H20BrNOS/c1-12(9-13-3-5-14(17)6-4-13)18-10-15-7-8-16(19-15)11-20-2/h3-8,12,18H,9-11H2,1-2H3. The predicted octanol–water partition coefficient (Wildman–Crippen LogP) is 4.63. The quantitative estimate of drug-likeness (QED) is 0.785. The van der Waals surface area contributed by atoms with Crippen LogP contribution in [0.3, 0.4) is 0 Å². The molecule has 1 atom stereocenters. The molecule has 0 radical (unpaired) electrons. The second-order valence-electron chi connectivity index (χ2n) is 4.91. The highest BCUT2D eigenvalue weighted by molar-refractivity contribution is 9.10. The fraction of sp³-hybridized carbons (Fsp3) is 0.375. The van der Waals surface area contributed by atoms with Crippen molar-refractivity contribution in [3.05, 3.63) is 58.0 Å². The maximum absolute atomic E-state index is 5.75. The first-order chi connectivity index (χ1) is 9.67. The zero-order valence-electron chi connectivity index (χ0n) is 11.9. The van der Waals surface area contributed by atoms with E-state index in [0.29, 0.717) is 6.04 Å². The first-order valence-electron chi connectivity index (χ1n) is 6.71. The summed E-state index contributed by atoms with van der Waals surface area (Å²) in [6, 6.07) is 13.0. The van der Waals surface area contributed by atoms with Crippen LogP contribution >= 0.6 is 27.7 Å². The van der Waals surface area contributed by atoms with E-state index in [0.717, 1.165) is 34.7 Å². The van der Waals surface area contributed by atoms with Crippen LogP contribution in [0.1, 0.15) is 24.0 Å². The molecule has 1 heterocycles. The molecule has 0 amide bonds. The van der Waals surface area contributed by atoms with Gasteiger partial charge in [-0.25, -0.2) is 0 Å². The zero-order valence-corrected chi connectivity index (χ0v) is 14.3. The van der Waals surface area contributed by atoms with Gasteiger partial charge in [-0.15, -0.1) is 0 Å². The smallest absolute Gasteiger partial charge is 0.118 e. The van der Waals surface area contributed by atoms with Crippen molar-refractivity contribution in [2.75, 3.05) is 6.26 Å². The van der Waals surface area contributed by atoms with Crippen LogP contribution in [0.15, 0.2) is 45.3 Å². The molecular formula is C16H20BrNOS. The van der Waals surface area contributed by atoms with Crippen LogP contribution in [0.4, 0.5) is 0 Å². The van der Waals surface area contributed by atoms with Gasteiger partial charge in [0.1, 0.15) is 11.5 Å². The zero-order chi connectivity index (χ0) is 14.4. The lowest BCUT2D eigenvalue weighted by Crippen LogP contribution is -2.27. The van der Waals surface area contributed by atoms with Gasteiger partial charge in [0, 0.05) is 10.5 Å². The van der Waals surface area contributed by atoms with E-state index in [-0.39, 0.29) is 0 Å². The van der Waals surface area contributed by atoms with E-state index in [1.54, 1.807) is 11.8 Å². The van der Waals surface area contributed by atoms with Crippen molar-refractivity contribution in [2.45, 2.75) is 31.7 Å². The molecule has 0 spiro atoms. The maximum atomic E-state index is 5.75. The molecule has 1 aromatic carbocycles. The third-order valence-electron chi connectivity index (χ3n) is 3.08. The van der Waals surface area contributed by atoms with Crippen LogP contribution in [0.2, 0.25) is 0 Å². The fourth-order valence-electron chi connectivity index (χ4n) is 2.06. The van der Waals surface area contributed by atoms with Crippen LogP contribution in [0.5, 0.6) is 0 Å². The Balaban J connectivity index is 1.79. The molecule has 1 aromatic heterocycles. The second kappa shape index (κ2) is 7.91. The summed E-state index contributed by atoms with van der Waals surface area (Å²) >= 11 is 5.24. The minimum atomic E-state index is 0.422. The third-order valence-corrected chi connectivity index (χ3v) is 4.19. The van der Waals surface area contributed by atoms with Crippen LogP contribution in [-0.4, -0.2) is 12.3 Å². The molecular weight excluding hydrogens is 334 g/mol. The average Bonchev–Trinajstić information content (AvgIpc) is 2.87. The van der Waals surface area contributed by atoms with Crippen molar-refractivity contribution >= 4 is 27.7 Å². The number of benzene rings is 1. The number of hydrogen-bond acceptors (Lipinski definition) is 3. The van der Waals surface area contributed by atoms with Gasteiger partial charge in [0.25, 0.3) is 0 Å². The van der Waals surface area contributed by atoms with E-state index in [4.69, 9.17) is 4.42 Å². The summed E-state index contributed by atoms with van der Waals surface area (Å²) in [6.07, 6.45) is 3.10. The topological polar surface area (TPSA) is 25.2 Å². The number of nitrogens with one attached hydrogen (secondary N) is 1. The molecule has 20 heavy (non-hydrogen) atoms. The number of furan rings is 1. The minimum Gasteiger partial charge on any atom is -0.464 e. The lowest BCUT2D eigenvalue weighted by molar-refractivity contribution is 0.437. The SMILES string of the molecule is CSCc1ccc(CNC(C)Cc2ccc(Br)cc2)o1. The first-order valence-corrected chi connectivity index (χ1v) is 8.90. The van der Waals surface area contributed by atoms with Crippen molar-refractivity contribution < 1.29 is 4.42 Å². The summed E-state index contributed by atoms with van der Waals surface area (Å²) < 4.78 is 6.87. The van der Waals surface area contributed by atoms with Crippen LogP contribution in [-0.2, 0) is 18.7 Å². The molecule has 1 N–H and O–H groups in total. The molecule has 0 saturated heterocycles. The minimum absolute atomic E-state index is 0.422. The Hall–Kier alpha value is -0.710. The molecule has 0 saturated carbocycles. The fourth-order valence-corrected chi connectivity index (χ4v) is 2.76. The average molecular weight is 354 g/mol. The Morgan fingerprint density at radius 2 is 1.85 bits per heavy atom. The molecule has 2 aromatic rings.